The third-order valence-corrected chi connectivity index (χ3v) is 11.8. The van der Waals surface area contributed by atoms with Gasteiger partial charge in [-0.25, -0.2) is 0 Å². The van der Waals surface area contributed by atoms with Gasteiger partial charge in [-0.05, 0) is 125 Å². The molecule has 0 saturated heterocycles. The lowest BCUT2D eigenvalue weighted by molar-refractivity contribution is 0.195. The molecule has 7 rings (SSSR count). The van der Waals surface area contributed by atoms with Crippen molar-refractivity contribution < 1.29 is 0 Å². The maximum Gasteiger partial charge on any atom is 0.0517 e. The third kappa shape index (κ3) is 5.78. The number of aryl methyl sites for hydroxylation is 1. The van der Waals surface area contributed by atoms with Crippen molar-refractivity contribution in [1.29, 1.82) is 0 Å². The van der Waals surface area contributed by atoms with Crippen LogP contribution in [0.5, 0.6) is 0 Å². The highest BCUT2D eigenvalue weighted by atomic mass is 15.3. The Hall–Kier alpha value is -4.30. The second kappa shape index (κ2) is 11.9. The van der Waals surface area contributed by atoms with E-state index in [1.54, 1.807) is 0 Å². The molecule has 0 radical (unpaired) electrons. The minimum atomic E-state index is -0.0263. The minimum Gasteiger partial charge on any atom is -0.334 e. The summed E-state index contributed by atoms with van der Waals surface area (Å²) in [6.45, 7) is 21.0. The van der Waals surface area contributed by atoms with E-state index in [9.17, 15) is 0 Å². The number of anilines is 5. The summed E-state index contributed by atoms with van der Waals surface area (Å²) in [5.74, 6) is 0. The molecule has 1 aliphatic carbocycles. The number of nitrogens with zero attached hydrogens (tertiary/aromatic N) is 2. The second-order valence-corrected chi connectivity index (χ2v) is 17.2. The molecule has 0 bridgehead atoms. The lowest BCUT2D eigenvalue weighted by Crippen LogP contribution is -2.54. The zero-order valence-corrected chi connectivity index (χ0v) is 31.2. The van der Waals surface area contributed by atoms with Gasteiger partial charge in [0.2, 0.25) is 0 Å². The van der Waals surface area contributed by atoms with E-state index < -0.39 is 0 Å². The van der Waals surface area contributed by atoms with Crippen molar-refractivity contribution in [1.82, 2.24) is 0 Å². The largest absolute Gasteiger partial charge is 0.334 e. The van der Waals surface area contributed by atoms with Crippen molar-refractivity contribution >= 4 is 28.4 Å². The average Bonchev–Trinajstić information content (AvgIpc) is 3.27. The molecule has 0 aromatic heterocycles. The second-order valence-electron chi connectivity index (χ2n) is 17.2. The Kier molecular flexibility index (Phi) is 8.09. The molecule has 1 fully saturated rings. The van der Waals surface area contributed by atoms with Crippen molar-refractivity contribution in [3.8, 4) is 11.1 Å². The molecule has 2 atom stereocenters. The number of hydrogen-bond acceptors (Lipinski definition) is 2. The number of rotatable bonds is 5. The van der Waals surface area contributed by atoms with Crippen molar-refractivity contribution in [2.24, 2.45) is 0 Å². The predicted octanol–water partition coefficient (Wildman–Crippen LogP) is 13.5. The molecule has 0 N–H and O–H groups in total. The first-order chi connectivity index (χ1) is 23.2. The molecule has 5 aromatic carbocycles. The van der Waals surface area contributed by atoms with Gasteiger partial charge >= 0.3 is 0 Å². The molecule has 5 aromatic rings. The van der Waals surface area contributed by atoms with E-state index in [1.807, 2.05) is 0 Å². The summed E-state index contributed by atoms with van der Waals surface area (Å²) < 4.78 is 0. The predicted molar refractivity (Wildman–Crippen MR) is 212 cm³/mol. The Morgan fingerprint density at radius 1 is 0.571 bits per heavy atom. The molecule has 2 unspecified atom stereocenters. The molecule has 2 nitrogen and oxygen atoms in total. The van der Waals surface area contributed by atoms with Gasteiger partial charge in [-0.2, -0.15) is 0 Å². The van der Waals surface area contributed by atoms with Crippen LogP contribution in [0.25, 0.3) is 11.1 Å². The van der Waals surface area contributed by atoms with E-state index in [0.717, 1.165) is 0 Å². The summed E-state index contributed by atoms with van der Waals surface area (Å²) in [4.78, 5) is 5.17. The molecular formula is C47H54N2. The summed E-state index contributed by atoms with van der Waals surface area (Å²) in [5, 5.41) is 0. The summed E-state index contributed by atoms with van der Waals surface area (Å²) in [6.07, 6.45) is 4.91. The van der Waals surface area contributed by atoms with Gasteiger partial charge < -0.3 is 9.80 Å². The van der Waals surface area contributed by atoms with E-state index in [0.29, 0.717) is 0 Å². The molecule has 1 heterocycles. The van der Waals surface area contributed by atoms with Gasteiger partial charge in [-0.1, -0.05) is 122 Å². The summed E-state index contributed by atoms with van der Waals surface area (Å²) in [5.41, 5.74) is 14.5. The van der Waals surface area contributed by atoms with Crippen molar-refractivity contribution in [2.75, 3.05) is 9.80 Å². The maximum absolute atomic E-state index is 2.72. The van der Waals surface area contributed by atoms with E-state index >= 15 is 0 Å². The Bertz CT molecular complexity index is 1900. The van der Waals surface area contributed by atoms with Crippen LogP contribution in [0.3, 0.4) is 0 Å². The Balaban J connectivity index is 1.39. The first kappa shape index (κ1) is 33.2. The van der Waals surface area contributed by atoms with Crippen LogP contribution in [0.15, 0.2) is 115 Å². The van der Waals surface area contributed by atoms with Gasteiger partial charge in [0.05, 0.1) is 5.54 Å². The summed E-state index contributed by atoms with van der Waals surface area (Å²) in [6, 6.07) is 43.8. The molecule has 49 heavy (non-hydrogen) atoms. The fraction of sp³-hybridized carbons (Fsp3) is 0.362. The number of benzene rings is 5. The Morgan fingerprint density at radius 2 is 1.14 bits per heavy atom. The molecule has 2 heteroatoms. The standard InChI is InChI=1S/C47H54N2/c1-33-29-40(48(38-22-18-36(19-23-38)44(2,3)4)39-24-20-37(21-25-39)45(5,6)7)32-41(30-33)49-43-26-17-35(34-15-11-10-12-16-34)31-42(43)46(8)27-13-14-28-47(46,49)9/h10-12,15-26,29-32H,13-14,27-28H2,1-9H3. The highest BCUT2D eigenvalue weighted by Crippen LogP contribution is 2.61. The van der Waals surface area contributed by atoms with Crippen LogP contribution in [0.2, 0.25) is 0 Å². The van der Waals surface area contributed by atoms with Crippen LogP contribution in [0.4, 0.5) is 28.4 Å². The van der Waals surface area contributed by atoms with Crippen molar-refractivity contribution in [3.63, 3.8) is 0 Å². The van der Waals surface area contributed by atoms with Crippen molar-refractivity contribution in [3.05, 3.63) is 138 Å². The molecule has 252 valence electrons. The maximum atomic E-state index is 2.72. The van der Waals surface area contributed by atoms with E-state index in [-0.39, 0.29) is 21.8 Å². The fourth-order valence-electron chi connectivity index (χ4n) is 8.62. The van der Waals surface area contributed by atoms with Crippen molar-refractivity contribution in [2.45, 2.75) is 110 Å². The molecule has 1 saturated carbocycles. The fourth-order valence-corrected chi connectivity index (χ4v) is 8.62. The third-order valence-electron chi connectivity index (χ3n) is 11.8. The zero-order valence-electron chi connectivity index (χ0n) is 31.2. The lowest BCUT2D eigenvalue weighted by Gasteiger charge is -2.50. The van der Waals surface area contributed by atoms with E-state index in [1.165, 1.54) is 87.5 Å². The van der Waals surface area contributed by atoms with E-state index in [2.05, 4.69) is 187 Å². The van der Waals surface area contributed by atoms with Gasteiger partial charge in [0.25, 0.3) is 0 Å². The molecular weight excluding hydrogens is 593 g/mol. The Labute approximate surface area is 295 Å². The highest BCUT2D eigenvalue weighted by Gasteiger charge is 2.57. The monoisotopic (exact) mass is 646 g/mol. The summed E-state index contributed by atoms with van der Waals surface area (Å²) in [7, 11) is 0. The van der Waals surface area contributed by atoms with Crippen LogP contribution in [-0.4, -0.2) is 5.54 Å². The van der Waals surface area contributed by atoms with Gasteiger partial charge in [-0.3, -0.25) is 0 Å². The van der Waals surface area contributed by atoms with Gasteiger partial charge in [-0.15, -0.1) is 0 Å². The van der Waals surface area contributed by atoms with Crippen LogP contribution in [-0.2, 0) is 16.2 Å². The normalized spacial score (nSPS) is 20.6. The average molecular weight is 647 g/mol. The zero-order chi connectivity index (χ0) is 34.8. The molecule has 0 amide bonds. The quantitative estimate of drug-likeness (QED) is 0.187. The molecule has 1 aliphatic heterocycles. The first-order valence-electron chi connectivity index (χ1n) is 18.3. The SMILES string of the molecule is Cc1cc(N(c2ccc(C(C)(C)C)cc2)c2ccc(C(C)(C)C)cc2)cc(N2c3ccc(-c4ccccc4)cc3C3(C)CCCCC23C)c1. The summed E-state index contributed by atoms with van der Waals surface area (Å²) >= 11 is 0. The smallest absolute Gasteiger partial charge is 0.0517 e. The van der Waals surface area contributed by atoms with Crippen LogP contribution in [0, 0.1) is 6.92 Å². The molecule has 2 aliphatic rings. The lowest BCUT2D eigenvalue weighted by atomic mass is 9.61. The van der Waals surface area contributed by atoms with Gasteiger partial charge in [0, 0.05) is 33.9 Å². The minimum absolute atomic E-state index is 0.0263. The number of hydrogen-bond donors (Lipinski definition) is 0. The van der Waals surface area contributed by atoms with Crippen LogP contribution in [0.1, 0.15) is 103 Å². The highest BCUT2D eigenvalue weighted by molar-refractivity contribution is 5.84. The van der Waals surface area contributed by atoms with Gasteiger partial charge in [0.15, 0.2) is 0 Å². The molecule has 0 spiro atoms. The van der Waals surface area contributed by atoms with Crippen LogP contribution < -0.4 is 9.80 Å². The topological polar surface area (TPSA) is 6.48 Å². The Morgan fingerprint density at radius 3 is 1.71 bits per heavy atom. The van der Waals surface area contributed by atoms with Crippen LogP contribution >= 0.6 is 0 Å². The number of fused-ring (bicyclic) bond motifs is 3. The first-order valence-corrected chi connectivity index (χ1v) is 18.3. The van der Waals surface area contributed by atoms with Gasteiger partial charge in [0.1, 0.15) is 0 Å². The van der Waals surface area contributed by atoms with E-state index in [4.69, 9.17) is 0 Å².